The lowest BCUT2D eigenvalue weighted by Gasteiger charge is -2.23. The third kappa shape index (κ3) is 3.17. The monoisotopic (exact) mass is 436 g/mol. The largest absolute Gasteiger partial charge is 0.310 e. The molecule has 1 aliphatic heterocycles. The maximum Gasteiger partial charge on any atom is 0.226 e. The van der Waals surface area contributed by atoms with Crippen LogP contribution in [0.3, 0.4) is 0 Å². The number of thiophene rings is 1. The molecule has 1 amide bonds. The van der Waals surface area contributed by atoms with Crippen molar-refractivity contribution in [1.82, 2.24) is 14.8 Å². The molecule has 0 saturated heterocycles. The van der Waals surface area contributed by atoms with Crippen LogP contribution in [0.1, 0.15) is 59.7 Å². The normalized spacial score (nSPS) is 16.7. The van der Waals surface area contributed by atoms with Gasteiger partial charge in [0.25, 0.3) is 0 Å². The number of aromatic nitrogens is 3. The first-order chi connectivity index (χ1) is 14.2. The summed E-state index contributed by atoms with van der Waals surface area (Å²) in [6.45, 7) is 10.8. The predicted molar refractivity (Wildman–Crippen MR) is 124 cm³/mol. The summed E-state index contributed by atoms with van der Waals surface area (Å²) in [6, 6.07) is 10.6. The lowest BCUT2D eigenvalue weighted by atomic mass is 9.90. The first-order valence-corrected chi connectivity index (χ1v) is 11.7. The highest BCUT2D eigenvalue weighted by Gasteiger charge is 2.34. The SMILES string of the molecule is Cc1ccc2nc(-n3nc(C)c4c3NC(=O)C[C@H]4c3ccc(C(C)(C)C)s3)sc2c1. The van der Waals surface area contributed by atoms with Gasteiger partial charge in [0.2, 0.25) is 11.0 Å². The van der Waals surface area contributed by atoms with Gasteiger partial charge >= 0.3 is 0 Å². The van der Waals surface area contributed by atoms with E-state index < -0.39 is 0 Å². The molecule has 0 spiro atoms. The Morgan fingerprint density at radius 3 is 2.67 bits per heavy atom. The van der Waals surface area contributed by atoms with Crippen LogP contribution in [-0.4, -0.2) is 20.7 Å². The summed E-state index contributed by atoms with van der Waals surface area (Å²) in [5.41, 5.74) is 4.30. The molecule has 1 atom stereocenters. The van der Waals surface area contributed by atoms with Gasteiger partial charge in [-0.15, -0.1) is 11.3 Å². The van der Waals surface area contributed by atoms with Gasteiger partial charge in [0, 0.05) is 27.7 Å². The molecule has 0 radical (unpaired) electrons. The number of hydrogen-bond donors (Lipinski definition) is 1. The number of benzene rings is 1. The number of fused-ring (bicyclic) bond motifs is 2. The first-order valence-electron chi connectivity index (χ1n) is 10.1. The number of nitrogens with one attached hydrogen (secondary N) is 1. The zero-order valence-electron chi connectivity index (χ0n) is 17.7. The molecule has 5 nitrogen and oxygen atoms in total. The van der Waals surface area contributed by atoms with Crippen molar-refractivity contribution in [1.29, 1.82) is 0 Å². The van der Waals surface area contributed by atoms with E-state index in [1.54, 1.807) is 22.7 Å². The molecule has 0 unspecified atom stereocenters. The van der Waals surface area contributed by atoms with Crippen LogP contribution in [0.5, 0.6) is 0 Å². The lowest BCUT2D eigenvalue weighted by molar-refractivity contribution is -0.116. The minimum atomic E-state index is 0.0244. The van der Waals surface area contributed by atoms with Crippen LogP contribution in [0.2, 0.25) is 0 Å². The highest BCUT2D eigenvalue weighted by molar-refractivity contribution is 7.20. The van der Waals surface area contributed by atoms with E-state index >= 15 is 0 Å². The second kappa shape index (κ2) is 6.75. The number of carbonyl (C=O) groups excluding carboxylic acids is 1. The molecule has 1 N–H and O–H groups in total. The quantitative estimate of drug-likeness (QED) is 0.423. The van der Waals surface area contributed by atoms with Crippen molar-refractivity contribution in [2.24, 2.45) is 0 Å². The molecular weight excluding hydrogens is 412 g/mol. The topological polar surface area (TPSA) is 59.8 Å². The number of aryl methyl sites for hydroxylation is 2. The molecular formula is C23H24N4OS2. The molecule has 154 valence electrons. The number of anilines is 1. The van der Waals surface area contributed by atoms with E-state index in [4.69, 9.17) is 10.1 Å². The Morgan fingerprint density at radius 2 is 1.93 bits per heavy atom. The Morgan fingerprint density at radius 1 is 1.13 bits per heavy atom. The zero-order chi connectivity index (χ0) is 21.2. The van der Waals surface area contributed by atoms with Gasteiger partial charge in [-0.3, -0.25) is 4.79 Å². The summed E-state index contributed by atoms with van der Waals surface area (Å²) >= 11 is 3.40. The van der Waals surface area contributed by atoms with Crippen LogP contribution < -0.4 is 5.32 Å². The number of carbonyl (C=O) groups is 1. The summed E-state index contributed by atoms with van der Waals surface area (Å²) in [6.07, 6.45) is 0.447. The fourth-order valence-corrected chi connectivity index (χ4v) is 6.18. The van der Waals surface area contributed by atoms with E-state index in [0.29, 0.717) is 6.42 Å². The zero-order valence-corrected chi connectivity index (χ0v) is 19.4. The van der Waals surface area contributed by atoms with Gasteiger partial charge in [-0.05, 0) is 49.1 Å². The van der Waals surface area contributed by atoms with E-state index in [9.17, 15) is 4.79 Å². The summed E-state index contributed by atoms with van der Waals surface area (Å²) < 4.78 is 2.94. The average molecular weight is 437 g/mol. The van der Waals surface area contributed by atoms with E-state index in [1.807, 2.05) is 17.7 Å². The van der Waals surface area contributed by atoms with E-state index in [1.165, 1.54) is 15.3 Å². The Hall–Kier alpha value is -2.51. The van der Waals surface area contributed by atoms with Crippen molar-refractivity contribution in [3.05, 3.63) is 56.9 Å². The van der Waals surface area contributed by atoms with Gasteiger partial charge in [-0.2, -0.15) is 9.78 Å². The molecule has 5 rings (SSSR count). The average Bonchev–Trinajstić information content (AvgIpc) is 3.37. The molecule has 7 heteroatoms. The van der Waals surface area contributed by atoms with Crippen molar-refractivity contribution < 1.29 is 4.79 Å². The molecule has 0 fully saturated rings. The Kier molecular flexibility index (Phi) is 4.38. The lowest BCUT2D eigenvalue weighted by Crippen LogP contribution is -2.24. The Labute approximate surface area is 183 Å². The second-order valence-corrected chi connectivity index (χ2v) is 11.1. The minimum absolute atomic E-state index is 0.0244. The third-order valence-corrected chi connectivity index (χ3v) is 8.14. The van der Waals surface area contributed by atoms with Crippen molar-refractivity contribution in [2.75, 3.05) is 5.32 Å². The fourth-order valence-electron chi connectivity index (χ4n) is 3.98. The van der Waals surface area contributed by atoms with Gasteiger partial charge < -0.3 is 5.32 Å². The maximum absolute atomic E-state index is 12.7. The van der Waals surface area contributed by atoms with Crippen molar-refractivity contribution in [2.45, 2.75) is 52.4 Å². The molecule has 1 aromatic carbocycles. The van der Waals surface area contributed by atoms with Gasteiger partial charge in [-0.25, -0.2) is 4.98 Å². The van der Waals surface area contributed by atoms with E-state index in [0.717, 1.165) is 32.4 Å². The molecule has 0 bridgehead atoms. The van der Waals surface area contributed by atoms with Crippen LogP contribution in [0, 0.1) is 13.8 Å². The summed E-state index contributed by atoms with van der Waals surface area (Å²) in [5, 5.41) is 8.65. The predicted octanol–water partition coefficient (Wildman–Crippen LogP) is 5.93. The molecule has 3 aromatic heterocycles. The van der Waals surface area contributed by atoms with Crippen LogP contribution in [0.25, 0.3) is 15.3 Å². The molecule has 0 aliphatic carbocycles. The van der Waals surface area contributed by atoms with Crippen LogP contribution in [0.15, 0.2) is 30.3 Å². The number of hydrogen-bond acceptors (Lipinski definition) is 5. The smallest absolute Gasteiger partial charge is 0.226 e. The summed E-state index contributed by atoms with van der Waals surface area (Å²) in [5.74, 6) is 0.812. The molecule has 4 aromatic rings. The number of thiazole rings is 1. The van der Waals surface area contributed by atoms with Crippen molar-refractivity contribution in [3.8, 4) is 5.13 Å². The standard InChI is InChI=1S/C23H24N4OS2/c1-12-6-7-15-17(10-12)30-22(24-15)27-21-20(13(2)26-27)14(11-19(28)25-21)16-8-9-18(29-16)23(3,4)5/h6-10,14H,11H2,1-5H3,(H,25,28)/t14-/m0/s1. The van der Waals surface area contributed by atoms with E-state index in [-0.39, 0.29) is 17.2 Å². The summed E-state index contributed by atoms with van der Waals surface area (Å²) in [4.78, 5) is 20.0. The van der Waals surface area contributed by atoms with E-state index in [2.05, 4.69) is 57.3 Å². The number of nitrogens with zero attached hydrogens (tertiary/aromatic N) is 3. The third-order valence-electron chi connectivity index (χ3n) is 5.53. The molecule has 1 aliphatic rings. The second-order valence-electron chi connectivity index (χ2n) is 8.98. The van der Waals surface area contributed by atoms with Crippen LogP contribution in [0.4, 0.5) is 5.82 Å². The minimum Gasteiger partial charge on any atom is -0.310 e. The Balaban J connectivity index is 1.63. The van der Waals surface area contributed by atoms with Gasteiger partial charge in [0.05, 0.1) is 15.9 Å². The van der Waals surface area contributed by atoms with Gasteiger partial charge in [-0.1, -0.05) is 38.2 Å². The number of rotatable bonds is 2. The maximum atomic E-state index is 12.7. The molecule has 4 heterocycles. The molecule has 30 heavy (non-hydrogen) atoms. The highest BCUT2D eigenvalue weighted by atomic mass is 32.1. The number of amides is 1. The van der Waals surface area contributed by atoms with Crippen molar-refractivity contribution >= 4 is 44.6 Å². The highest BCUT2D eigenvalue weighted by Crippen LogP contribution is 2.44. The first kappa shape index (κ1) is 19.5. The molecule has 0 saturated carbocycles. The van der Waals surface area contributed by atoms with Crippen molar-refractivity contribution in [3.63, 3.8) is 0 Å². The Bertz CT molecular complexity index is 1290. The fraction of sp³-hybridized carbons (Fsp3) is 0.348. The van der Waals surface area contributed by atoms with Gasteiger partial charge in [0.15, 0.2) is 0 Å². The van der Waals surface area contributed by atoms with Gasteiger partial charge in [0.1, 0.15) is 5.82 Å². The summed E-state index contributed by atoms with van der Waals surface area (Å²) in [7, 11) is 0. The van der Waals surface area contributed by atoms with Crippen LogP contribution >= 0.6 is 22.7 Å². The van der Waals surface area contributed by atoms with Crippen LogP contribution in [-0.2, 0) is 10.2 Å².